The van der Waals surface area contributed by atoms with E-state index in [0.29, 0.717) is 6.04 Å². The van der Waals surface area contributed by atoms with Gasteiger partial charge < -0.3 is 10.0 Å². The molecule has 2 aliphatic carbocycles. The second kappa shape index (κ2) is 4.72. The van der Waals surface area contributed by atoms with E-state index >= 15 is 0 Å². The van der Waals surface area contributed by atoms with Gasteiger partial charge in [0.2, 0.25) is 0 Å². The molecule has 1 aromatic carbocycles. The normalized spacial score (nSPS) is 17.9. The number of pyridine rings is 1. The lowest BCUT2D eigenvalue weighted by Crippen LogP contribution is -2.28. The fourth-order valence-electron chi connectivity index (χ4n) is 2.91. The number of anilines is 1. The standard InChI is InChI=1S/C17H18N2O2/c20-17(21)15-9-16(13-3-1-2-4-14(13)18-15)19(12-7-8-12)10-11-5-6-11/h1-4,9,11-12H,5-8,10H2,(H,20,21). The van der Waals surface area contributed by atoms with Gasteiger partial charge >= 0.3 is 5.97 Å². The van der Waals surface area contributed by atoms with E-state index in [4.69, 9.17) is 0 Å². The van der Waals surface area contributed by atoms with Gasteiger partial charge in [-0.05, 0) is 43.7 Å². The summed E-state index contributed by atoms with van der Waals surface area (Å²) < 4.78 is 0. The van der Waals surface area contributed by atoms with E-state index in [-0.39, 0.29) is 5.69 Å². The predicted molar refractivity (Wildman–Crippen MR) is 81.8 cm³/mol. The van der Waals surface area contributed by atoms with Crippen molar-refractivity contribution >= 4 is 22.6 Å². The Morgan fingerprint density at radius 2 is 2.00 bits per heavy atom. The Hall–Kier alpha value is -2.10. The van der Waals surface area contributed by atoms with Crippen LogP contribution < -0.4 is 4.90 Å². The number of carbonyl (C=O) groups is 1. The van der Waals surface area contributed by atoms with Gasteiger partial charge in [-0.2, -0.15) is 0 Å². The molecule has 0 unspecified atom stereocenters. The number of hydrogen-bond acceptors (Lipinski definition) is 3. The molecule has 0 radical (unpaired) electrons. The topological polar surface area (TPSA) is 53.4 Å². The molecule has 2 aliphatic rings. The van der Waals surface area contributed by atoms with Gasteiger partial charge in [-0.25, -0.2) is 9.78 Å². The molecule has 1 N–H and O–H groups in total. The quantitative estimate of drug-likeness (QED) is 0.914. The summed E-state index contributed by atoms with van der Waals surface area (Å²) in [5, 5.41) is 10.4. The Morgan fingerprint density at radius 3 is 2.67 bits per heavy atom. The zero-order valence-electron chi connectivity index (χ0n) is 11.8. The lowest BCUT2D eigenvalue weighted by atomic mass is 10.1. The van der Waals surface area contributed by atoms with E-state index in [2.05, 4.69) is 9.88 Å². The average Bonchev–Trinajstić information content (AvgIpc) is 3.37. The summed E-state index contributed by atoms with van der Waals surface area (Å²) in [5.41, 5.74) is 1.96. The van der Waals surface area contributed by atoms with E-state index in [9.17, 15) is 9.90 Å². The van der Waals surface area contributed by atoms with Crippen LogP contribution in [0.3, 0.4) is 0 Å². The van der Waals surface area contributed by atoms with Crippen LogP contribution in [0.25, 0.3) is 10.9 Å². The van der Waals surface area contributed by atoms with Gasteiger partial charge in [-0.15, -0.1) is 0 Å². The van der Waals surface area contributed by atoms with Crippen molar-refractivity contribution < 1.29 is 9.90 Å². The Kier molecular flexibility index (Phi) is 2.84. The molecule has 0 atom stereocenters. The monoisotopic (exact) mass is 282 g/mol. The minimum absolute atomic E-state index is 0.144. The zero-order valence-corrected chi connectivity index (χ0v) is 11.8. The summed E-state index contributed by atoms with van der Waals surface area (Å²) in [5.74, 6) is -0.171. The maximum absolute atomic E-state index is 11.4. The van der Waals surface area contributed by atoms with Crippen molar-refractivity contribution in [2.75, 3.05) is 11.4 Å². The first kappa shape index (κ1) is 12.6. The third kappa shape index (κ3) is 2.46. The second-order valence-corrected chi connectivity index (χ2v) is 6.18. The van der Waals surface area contributed by atoms with Gasteiger partial charge in [0.05, 0.1) is 5.52 Å². The van der Waals surface area contributed by atoms with Crippen LogP contribution in [0.1, 0.15) is 36.2 Å². The third-order valence-electron chi connectivity index (χ3n) is 4.36. The number of rotatable bonds is 5. The number of aromatic carboxylic acids is 1. The number of nitrogens with zero attached hydrogens (tertiary/aromatic N) is 2. The van der Waals surface area contributed by atoms with E-state index in [1.54, 1.807) is 6.07 Å². The first-order valence-corrected chi connectivity index (χ1v) is 7.62. The number of carboxylic acids is 1. The largest absolute Gasteiger partial charge is 0.477 e. The van der Waals surface area contributed by atoms with Gasteiger partial charge in [0.25, 0.3) is 0 Å². The average molecular weight is 282 g/mol. The Balaban J connectivity index is 1.85. The van der Waals surface area contributed by atoms with Crippen LogP contribution in [0.4, 0.5) is 5.69 Å². The number of fused-ring (bicyclic) bond motifs is 1. The van der Waals surface area contributed by atoms with Crippen molar-refractivity contribution in [3.8, 4) is 0 Å². The summed E-state index contributed by atoms with van der Waals surface area (Å²) >= 11 is 0. The number of para-hydroxylation sites is 1. The Morgan fingerprint density at radius 1 is 1.24 bits per heavy atom. The molecule has 0 amide bonds. The van der Waals surface area contributed by atoms with Crippen LogP contribution >= 0.6 is 0 Å². The Bertz CT molecular complexity index is 705. The van der Waals surface area contributed by atoms with E-state index in [0.717, 1.165) is 29.1 Å². The highest BCUT2D eigenvalue weighted by Crippen LogP contribution is 2.40. The molecule has 4 heteroatoms. The number of aromatic nitrogens is 1. The van der Waals surface area contributed by atoms with Gasteiger partial charge in [0.1, 0.15) is 0 Å². The summed E-state index contributed by atoms with van der Waals surface area (Å²) in [4.78, 5) is 18.0. The summed E-state index contributed by atoms with van der Waals surface area (Å²) in [6, 6.07) is 10.2. The van der Waals surface area contributed by atoms with Crippen molar-refractivity contribution in [1.82, 2.24) is 4.98 Å². The fourth-order valence-corrected chi connectivity index (χ4v) is 2.91. The van der Waals surface area contributed by atoms with Crippen LogP contribution in [0.2, 0.25) is 0 Å². The third-order valence-corrected chi connectivity index (χ3v) is 4.36. The van der Waals surface area contributed by atoms with Gasteiger partial charge in [-0.3, -0.25) is 0 Å². The molecule has 21 heavy (non-hydrogen) atoms. The van der Waals surface area contributed by atoms with Crippen molar-refractivity contribution in [3.05, 3.63) is 36.0 Å². The molecule has 0 aliphatic heterocycles. The second-order valence-electron chi connectivity index (χ2n) is 6.18. The van der Waals surface area contributed by atoms with Crippen molar-refractivity contribution in [2.24, 2.45) is 5.92 Å². The first-order valence-electron chi connectivity index (χ1n) is 7.62. The number of carboxylic acid groups (broad SMARTS) is 1. The minimum Gasteiger partial charge on any atom is -0.477 e. The molecule has 2 saturated carbocycles. The predicted octanol–water partition coefficient (Wildman–Crippen LogP) is 3.31. The van der Waals surface area contributed by atoms with Crippen LogP contribution in [0.5, 0.6) is 0 Å². The van der Waals surface area contributed by atoms with Crippen molar-refractivity contribution in [3.63, 3.8) is 0 Å². The Labute approximate surface area is 123 Å². The molecular weight excluding hydrogens is 264 g/mol. The molecule has 4 nitrogen and oxygen atoms in total. The van der Waals surface area contributed by atoms with E-state index in [1.165, 1.54) is 25.7 Å². The maximum Gasteiger partial charge on any atom is 0.354 e. The van der Waals surface area contributed by atoms with Crippen LogP contribution in [0, 0.1) is 5.92 Å². The molecule has 0 bridgehead atoms. The highest BCUT2D eigenvalue weighted by atomic mass is 16.4. The SMILES string of the molecule is O=C(O)c1cc(N(CC2CC2)C2CC2)c2ccccc2n1. The highest BCUT2D eigenvalue weighted by Gasteiger charge is 2.35. The van der Waals surface area contributed by atoms with Gasteiger partial charge in [0.15, 0.2) is 5.69 Å². The maximum atomic E-state index is 11.4. The molecule has 4 rings (SSSR count). The first-order chi connectivity index (χ1) is 10.2. The smallest absolute Gasteiger partial charge is 0.354 e. The van der Waals surface area contributed by atoms with E-state index < -0.39 is 5.97 Å². The minimum atomic E-state index is -0.954. The molecule has 0 saturated heterocycles. The van der Waals surface area contributed by atoms with Crippen LogP contribution in [-0.4, -0.2) is 28.6 Å². The molecule has 1 aromatic heterocycles. The highest BCUT2D eigenvalue weighted by molar-refractivity contribution is 5.97. The lowest BCUT2D eigenvalue weighted by molar-refractivity contribution is 0.0691. The lowest BCUT2D eigenvalue weighted by Gasteiger charge is -2.26. The molecular formula is C17H18N2O2. The summed E-state index contributed by atoms with van der Waals surface area (Å²) in [6.45, 7) is 1.05. The van der Waals surface area contributed by atoms with Gasteiger partial charge in [-0.1, -0.05) is 18.2 Å². The number of benzene rings is 1. The zero-order chi connectivity index (χ0) is 14.4. The van der Waals surface area contributed by atoms with Crippen LogP contribution in [-0.2, 0) is 0 Å². The molecule has 2 fully saturated rings. The summed E-state index contributed by atoms with van der Waals surface area (Å²) in [7, 11) is 0. The summed E-state index contributed by atoms with van der Waals surface area (Å²) in [6.07, 6.45) is 5.04. The van der Waals surface area contributed by atoms with Crippen molar-refractivity contribution in [2.45, 2.75) is 31.7 Å². The van der Waals surface area contributed by atoms with E-state index in [1.807, 2.05) is 24.3 Å². The molecule has 0 spiro atoms. The van der Waals surface area contributed by atoms with Crippen molar-refractivity contribution in [1.29, 1.82) is 0 Å². The fraction of sp³-hybridized carbons (Fsp3) is 0.412. The molecule has 1 heterocycles. The number of hydrogen-bond donors (Lipinski definition) is 1. The molecule has 108 valence electrons. The molecule has 2 aromatic rings. The van der Waals surface area contributed by atoms with Crippen LogP contribution in [0.15, 0.2) is 30.3 Å². The van der Waals surface area contributed by atoms with Gasteiger partial charge in [0, 0.05) is 23.7 Å².